The quantitative estimate of drug-likeness (QED) is 0.135. The predicted octanol–water partition coefficient (Wildman–Crippen LogP) is 13.2. The summed E-state index contributed by atoms with van der Waals surface area (Å²) in [6.45, 7) is 16.6. The van der Waals surface area contributed by atoms with Crippen LogP contribution in [-0.2, 0) is 0 Å². The van der Waals surface area contributed by atoms with Gasteiger partial charge in [0.25, 0.3) is 0 Å². The molecule has 0 aliphatic heterocycles. The molecule has 226 valence electrons. The molecule has 5 aromatic rings. The molecule has 1 atom stereocenters. The van der Waals surface area contributed by atoms with Crippen molar-refractivity contribution in [3.8, 4) is 0 Å². The van der Waals surface area contributed by atoms with E-state index in [9.17, 15) is 0 Å². The Kier molecular flexibility index (Phi) is 9.27. The third kappa shape index (κ3) is 6.30. The molecule has 7 rings (SSSR count). The monoisotopic (exact) mass is 594 g/mol. The first-order valence-corrected chi connectivity index (χ1v) is 16.3. The fourth-order valence-corrected chi connectivity index (χ4v) is 6.67. The molecule has 0 saturated heterocycles. The van der Waals surface area contributed by atoms with Crippen LogP contribution in [0.1, 0.15) is 49.8 Å². The lowest BCUT2D eigenvalue weighted by atomic mass is 9.87. The molecule has 0 heterocycles. The lowest BCUT2D eigenvalue weighted by Crippen LogP contribution is -1.99. The fraction of sp³-hybridized carbons (Fsp3) is 0.130. The van der Waals surface area contributed by atoms with Gasteiger partial charge in [-0.15, -0.1) is 0 Å². The molecule has 0 fully saturated rings. The van der Waals surface area contributed by atoms with Gasteiger partial charge in [-0.2, -0.15) is 0 Å². The summed E-state index contributed by atoms with van der Waals surface area (Å²) in [6, 6.07) is 32.8. The van der Waals surface area contributed by atoms with Gasteiger partial charge >= 0.3 is 0 Å². The van der Waals surface area contributed by atoms with E-state index in [1.165, 1.54) is 71.3 Å². The molecule has 0 N–H and O–H groups in total. The molecule has 0 spiro atoms. The first-order chi connectivity index (χ1) is 22.5. The van der Waals surface area contributed by atoms with Gasteiger partial charge in [0.2, 0.25) is 0 Å². The van der Waals surface area contributed by atoms with Gasteiger partial charge in [0, 0.05) is 0 Å². The maximum absolute atomic E-state index is 4.58. The van der Waals surface area contributed by atoms with Gasteiger partial charge in [0.05, 0.1) is 0 Å². The van der Waals surface area contributed by atoms with Crippen molar-refractivity contribution in [3.05, 3.63) is 186 Å². The average Bonchev–Trinajstić information content (AvgIpc) is 3.35. The van der Waals surface area contributed by atoms with Crippen LogP contribution in [0.5, 0.6) is 0 Å². The summed E-state index contributed by atoms with van der Waals surface area (Å²) in [5.74, 6) is 0.252. The summed E-state index contributed by atoms with van der Waals surface area (Å²) in [6.07, 6.45) is 20.7. The van der Waals surface area contributed by atoms with E-state index in [0.29, 0.717) is 0 Å². The van der Waals surface area contributed by atoms with E-state index >= 15 is 0 Å². The Labute approximate surface area is 274 Å². The topological polar surface area (TPSA) is 0 Å². The van der Waals surface area contributed by atoms with Crippen molar-refractivity contribution in [1.82, 2.24) is 0 Å². The first-order valence-electron chi connectivity index (χ1n) is 16.3. The van der Waals surface area contributed by atoms with Crippen LogP contribution in [-0.4, -0.2) is 0 Å². The van der Waals surface area contributed by atoms with Gasteiger partial charge in [-0.05, 0) is 115 Å². The predicted molar refractivity (Wildman–Crippen MR) is 205 cm³/mol. The van der Waals surface area contributed by atoms with Crippen LogP contribution in [0.25, 0.3) is 50.0 Å². The van der Waals surface area contributed by atoms with E-state index < -0.39 is 0 Å². The summed E-state index contributed by atoms with van der Waals surface area (Å²) in [5, 5.41) is 7.87. The number of rotatable bonds is 6. The number of fused-ring (bicyclic) bond motifs is 8. The summed E-state index contributed by atoms with van der Waals surface area (Å²) < 4.78 is 0. The van der Waals surface area contributed by atoms with Crippen LogP contribution in [0.3, 0.4) is 0 Å². The number of benzene rings is 5. The van der Waals surface area contributed by atoms with Crippen LogP contribution >= 0.6 is 0 Å². The lowest BCUT2D eigenvalue weighted by molar-refractivity contribution is 0.871. The third-order valence-electron chi connectivity index (χ3n) is 9.30. The average molecular weight is 595 g/mol. The van der Waals surface area contributed by atoms with Crippen molar-refractivity contribution in [1.29, 1.82) is 0 Å². The van der Waals surface area contributed by atoms with Crippen LogP contribution in [0, 0.1) is 5.92 Å². The standard InChI is InChI=1S/C36H30.C10H12/c1-24(22-25(2)27-12-5-4-6-13-27)26(3)29-15-11-19-32-34-21-20-28-14-7-8-16-30(28)36(34)33-18-10-9-17-31(33)35(32)23-29;1-3-9(2)10-7-5-4-6-8-10/h4-14,16-24H,3,15H2,1-2H3;3-5,7H,1-2,6,8H2/b25-22+;. The Hall–Kier alpha value is -5.20. The minimum atomic E-state index is 0.252. The van der Waals surface area contributed by atoms with Gasteiger partial charge in [0.1, 0.15) is 0 Å². The highest BCUT2D eigenvalue weighted by Gasteiger charge is 2.18. The maximum atomic E-state index is 4.58. The molecular formula is C46H42. The summed E-state index contributed by atoms with van der Waals surface area (Å²) in [5.41, 5.74) is 10.0. The van der Waals surface area contributed by atoms with E-state index in [4.69, 9.17) is 0 Å². The first kappa shape index (κ1) is 30.8. The molecule has 0 amide bonds. The molecule has 0 radical (unpaired) electrons. The molecule has 0 bridgehead atoms. The second-order valence-corrected chi connectivity index (χ2v) is 12.3. The van der Waals surface area contributed by atoms with Gasteiger partial charge < -0.3 is 0 Å². The summed E-state index contributed by atoms with van der Waals surface area (Å²) in [4.78, 5) is 0. The van der Waals surface area contributed by atoms with Crippen LogP contribution in [0.15, 0.2) is 169 Å². The van der Waals surface area contributed by atoms with Crippen molar-refractivity contribution >= 4 is 50.0 Å². The summed E-state index contributed by atoms with van der Waals surface area (Å²) in [7, 11) is 0. The molecule has 2 aliphatic rings. The molecule has 2 aliphatic carbocycles. The molecule has 0 nitrogen and oxygen atoms in total. The SMILES string of the molecule is C=C(C1=Cc2c(c3ccc4ccccc4c3c3ccccc23)C=CC1)C(C)/C=C(\C)c1ccccc1.C=CC(=C)C1=CC=CCC1. The Morgan fingerprint density at radius 2 is 1.46 bits per heavy atom. The Morgan fingerprint density at radius 1 is 0.739 bits per heavy atom. The minimum absolute atomic E-state index is 0.252. The zero-order valence-electron chi connectivity index (χ0n) is 27.1. The summed E-state index contributed by atoms with van der Waals surface area (Å²) >= 11 is 0. The van der Waals surface area contributed by atoms with Crippen LogP contribution < -0.4 is 0 Å². The van der Waals surface area contributed by atoms with Crippen molar-refractivity contribution in [2.24, 2.45) is 5.92 Å². The Bertz CT molecular complexity index is 2120. The van der Waals surface area contributed by atoms with E-state index in [-0.39, 0.29) is 5.92 Å². The van der Waals surface area contributed by atoms with Crippen molar-refractivity contribution in [2.45, 2.75) is 33.1 Å². The number of hydrogen-bond acceptors (Lipinski definition) is 0. The lowest BCUT2D eigenvalue weighted by Gasteiger charge is -2.17. The maximum Gasteiger partial charge on any atom is -0.000753 e. The van der Waals surface area contributed by atoms with Crippen LogP contribution in [0.4, 0.5) is 0 Å². The van der Waals surface area contributed by atoms with Crippen molar-refractivity contribution < 1.29 is 0 Å². The second kappa shape index (κ2) is 13.8. The van der Waals surface area contributed by atoms with E-state index in [0.717, 1.165) is 24.8 Å². The third-order valence-corrected chi connectivity index (χ3v) is 9.30. The Balaban J connectivity index is 0.000000319. The molecule has 5 aromatic carbocycles. The van der Waals surface area contributed by atoms with Gasteiger partial charge in [-0.3, -0.25) is 0 Å². The highest BCUT2D eigenvalue weighted by Crippen LogP contribution is 2.41. The van der Waals surface area contributed by atoms with Crippen LogP contribution in [0.2, 0.25) is 0 Å². The second-order valence-electron chi connectivity index (χ2n) is 12.3. The largest absolute Gasteiger partial charge is 0.0985 e. The molecule has 1 unspecified atom stereocenters. The molecule has 0 saturated carbocycles. The van der Waals surface area contributed by atoms with Gasteiger partial charge in [0.15, 0.2) is 0 Å². The smallest absolute Gasteiger partial charge is 0.000753 e. The van der Waals surface area contributed by atoms with E-state index in [1.54, 1.807) is 0 Å². The zero-order chi connectivity index (χ0) is 32.0. The van der Waals surface area contributed by atoms with Gasteiger partial charge in [-0.1, -0.05) is 160 Å². The molecular weight excluding hydrogens is 553 g/mol. The van der Waals surface area contributed by atoms with Crippen molar-refractivity contribution in [2.75, 3.05) is 0 Å². The zero-order valence-corrected chi connectivity index (χ0v) is 27.1. The molecule has 46 heavy (non-hydrogen) atoms. The van der Waals surface area contributed by atoms with E-state index in [2.05, 4.69) is 167 Å². The van der Waals surface area contributed by atoms with E-state index in [1.807, 2.05) is 6.08 Å². The Morgan fingerprint density at radius 3 is 2.20 bits per heavy atom. The normalized spacial score (nSPS) is 14.9. The molecule has 0 heteroatoms. The minimum Gasteiger partial charge on any atom is -0.0985 e. The highest BCUT2D eigenvalue weighted by molar-refractivity contribution is 6.24. The molecule has 0 aromatic heterocycles. The van der Waals surface area contributed by atoms with Crippen molar-refractivity contribution in [3.63, 3.8) is 0 Å². The number of allylic oxidation sites excluding steroid dienone is 11. The number of hydrogen-bond donors (Lipinski definition) is 0. The highest BCUT2D eigenvalue weighted by atomic mass is 14.2. The van der Waals surface area contributed by atoms with Gasteiger partial charge in [-0.25, -0.2) is 0 Å². The fourth-order valence-electron chi connectivity index (χ4n) is 6.67.